The molecule has 122 valence electrons. The fraction of sp³-hybridized carbons (Fsp3) is 0.0556. The number of sulfonamides is 1. The maximum atomic E-state index is 12.4. The van der Waals surface area contributed by atoms with Gasteiger partial charge in [-0.3, -0.25) is 9.71 Å². The van der Waals surface area contributed by atoms with E-state index in [1.54, 1.807) is 36.7 Å². The standard InChI is InChI=1S/C18H15ClN2O2S/c1-13-10-11-20-12-18(13)14-2-6-16(7-3-14)21-24(22,23)17-8-4-15(19)5-9-17/h2-12,21H,1H3. The van der Waals surface area contributed by atoms with Gasteiger partial charge < -0.3 is 0 Å². The van der Waals surface area contributed by atoms with Gasteiger partial charge >= 0.3 is 0 Å². The molecule has 0 amide bonds. The molecule has 1 heterocycles. The van der Waals surface area contributed by atoms with Crippen LogP contribution in [0.1, 0.15) is 5.56 Å². The van der Waals surface area contributed by atoms with Crippen LogP contribution in [0.5, 0.6) is 0 Å². The highest BCUT2D eigenvalue weighted by Crippen LogP contribution is 2.25. The van der Waals surface area contributed by atoms with E-state index in [-0.39, 0.29) is 4.90 Å². The van der Waals surface area contributed by atoms with Crippen LogP contribution >= 0.6 is 11.6 Å². The minimum absolute atomic E-state index is 0.166. The molecule has 0 fully saturated rings. The number of benzene rings is 2. The second-order valence-electron chi connectivity index (χ2n) is 5.33. The summed E-state index contributed by atoms with van der Waals surface area (Å²) in [5.41, 5.74) is 3.61. The molecule has 3 rings (SSSR count). The molecular formula is C18H15ClN2O2S. The van der Waals surface area contributed by atoms with Crippen molar-refractivity contribution in [1.82, 2.24) is 4.98 Å². The molecule has 2 aromatic carbocycles. The number of aryl methyl sites for hydroxylation is 1. The van der Waals surface area contributed by atoms with Gasteiger partial charge in [0.2, 0.25) is 0 Å². The topological polar surface area (TPSA) is 59.1 Å². The van der Waals surface area contributed by atoms with Crippen molar-refractivity contribution >= 4 is 27.3 Å². The molecule has 0 aliphatic rings. The largest absolute Gasteiger partial charge is 0.280 e. The summed E-state index contributed by atoms with van der Waals surface area (Å²) in [5.74, 6) is 0. The van der Waals surface area contributed by atoms with E-state index in [2.05, 4.69) is 9.71 Å². The Kier molecular flexibility index (Phi) is 4.55. The van der Waals surface area contributed by atoms with E-state index in [9.17, 15) is 8.42 Å². The normalized spacial score (nSPS) is 11.2. The molecule has 0 unspecified atom stereocenters. The molecule has 0 aliphatic heterocycles. The number of halogens is 1. The summed E-state index contributed by atoms with van der Waals surface area (Å²) < 4.78 is 27.3. The van der Waals surface area contributed by atoms with E-state index < -0.39 is 10.0 Å². The highest BCUT2D eigenvalue weighted by Gasteiger charge is 2.14. The molecule has 0 saturated heterocycles. The molecule has 0 spiro atoms. The van der Waals surface area contributed by atoms with Gasteiger partial charge in [0.15, 0.2) is 0 Å². The fourth-order valence-corrected chi connectivity index (χ4v) is 3.50. The minimum atomic E-state index is -3.64. The molecule has 0 saturated carbocycles. The number of aromatic nitrogens is 1. The van der Waals surface area contributed by atoms with Crippen molar-refractivity contribution in [3.63, 3.8) is 0 Å². The van der Waals surface area contributed by atoms with Crippen molar-refractivity contribution in [2.75, 3.05) is 4.72 Å². The van der Waals surface area contributed by atoms with Gasteiger partial charge in [-0.25, -0.2) is 8.42 Å². The van der Waals surface area contributed by atoms with E-state index in [0.717, 1.165) is 16.7 Å². The van der Waals surface area contributed by atoms with Gasteiger partial charge in [-0.1, -0.05) is 23.7 Å². The lowest BCUT2D eigenvalue weighted by atomic mass is 10.0. The van der Waals surface area contributed by atoms with Crippen LogP contribution in [0.3, 0.4) is 0 Å². The maximum Gasteiger partial charge on any atom is 0.261 e. The third kappa shape index (κ3) is 3.58. The van der Waals surface area contributed by atoms with Gasteiger partial charge in [0.25, 0.3) is 10.0 Å². The van der Waals surface area contributed by atoms with Gasteiger partial charge in [0.1, 0.15) is 0 Å². The van der Waals surface area contributed by atoms with E-state index in [0.29, 0.717) is 10.7 Å². The first-order valence-electron chi connectivity index (χ1n) is 7.25. The molecule has 1 N–H and O–H groups in total. The number of nitrogens with zero attached hydrogens (tertiary/aromatic N) is 1. The van der Waals surface area contributed by atoms with Crippen LogP contribution in [0.15, 0.2) is 71.9 Å². The molecule has 0 radical (unpaired) electrons. The summed E-state index contributed by atoms with van der Waals surface area (Å²) in [6.07, 6.45) is 3.54. The van der Waals surface area contributed by atoms with Gasteiger partial charge in [-0.05, 0) is 60.5 Å². The monoisotopic (exact) mass is 358 g/mol. The number of anilines is 1. The predicted octanol–water partition coefficient (Wildman–Crippen LogP) is 4.51. The Hall–Kier alpha value is -2.37. The SMILES string of the molecule is Cc1ccncc1-c1ccc(NS(=O)(=O)c2ccc(Cl)cc2)cc1. The van der Waals surface area contributed by atoms with Crippen molar-refractivity contribution in [2.24, 2.45) is 0 Å². The Balaban J connectivity index is 1.84. The Morgan fingerprint density at radius 3 is 2.25 bits per heavy atom. The van der Waals surface area contributed by atoms with Crippen molar-refractivity contribution in [1.29, 1.82) is 0 Å². The first-order chi connectivity index (χ1) is 11.5. The summed E-state index contributed by atoms with van der Waals surface area (Å²) in [6.45, 7) is 2.01. The van der Waals surface area contributed by atoms with E-state index in [1.165, 1.54) is 12.1 Å². The Bertz CT molecular complexity index is 953. The van der Waals surface area contributed by atoms with Gasteiger partial charge in [0, 0.05) is 28.7 Å². The molecule has 6 heteroatoms. The van der Waals surface area contributed by atoms with Crippen molar-refractivity contribution in [2.45, 2.75) is 11.8 Å². The zero-order chi connectivity index (χ0) is 17.2. The second kappa shape index (κ2) is 6.63. The minimum Gasteiger partial charge on any atom is -0.280 e. The van der Waals surface area contributed by atoms with Crippen LogP contribution < -0.4 is 4.72 Å². The number of hydrogen-bond acceptors (Lipinski definition) is 3. The molecule has 4 nitrogen and oxygen atoms in total. The predicted molar refractivity (Wildman–Crippen MR) is 96.7 cm³/mol. The average molecular weight is 359 g/mol. The Labute approximate surface area is 146 Å². The number of pyridine rings is 1. The molecular weight excluding hydrogens is 344 g/mol. The first kappa shape index (κ1) is 16.5. The van der Waals surface area contributed by atoms with Crippen molar-refractivity contribution < 1.29 is 8.42 Å². The molecule has 0 aliphatic carbocycles. The van der Waals surface area contributed by atoms with Crippen LogP contribution in [0.25, 0.3) is 11.1 Å². The first-order valence-corrected chi connectivity index (χ1v) is 9.11. The van der Waals surface area contributed by atoms with Crippen LogP contribution in [0, 0.1) is 6.92 Å². The smallest absolute Gasteiger partial charge is 0.261 e. The lowest BCUT2D eigenvalue weighted by Crippen LogP contribution is -2.12. The Morgan fingerprint density at radius 1 is 0.958 bits per heavy atom. The van der Waals surface area contributed by atoms with Gasteiger partial charge in [0.05, 0.1) is 4.90 Å². The number of nitrogens with one attached hydrogen (secondary N) is 1. The molecule has 0 atom stereocenters. The number of hydrogen-bond donors (Lipinski definition) is 1. The third-order valence-corrected chi connectivity index (χ3v) is 5.26. The van der Waals surface area contributed by atoms with Crippen molar-refractivity contribution in [3.8, 4) is 11.1 Å². The van der Waals surface area contributed by atoms with E-state index >= 15 is 0 Å². The molecule has 24 heavy (non-hydrogen) atoms. The summed E-state index contributed by atoms with van der Waals surface area (Å²) in [7, 11) is -3.64. The lowest BCUT2D eigenvalue weighted by molar-refractivity contribution is 0.601. The lowest BCUT2D eigenvalue weighted by Gasteiger charge is -2.10. The molecule has 3 aromatic rings. The van der Waals surface area contributed by atoms with Gasteiger partial charge in [-0.2, -0.15) is 0 Å². The maximum absolute atomic E-state index is 12.4. The summed E-state index contributed by atoms with van der Waals surface area (Å²) in [5, 5.41) is 0.491. The quantitative estimate of drug-likeness (QED) is 0.746. The summed E-state index contributed by atoms with van der Waals surface area (Å²) in [4.78, 5) is 4.29. The van der Waals surface area contributed by atoms with Crippen LogP contribution in [0.2, 0.25) is 5.02 Å². The van der Waals surface area contributed by atoms with Gasteiger partial charge in [-0.15, -0.1) is 0 Å². The summed E-state index contributed by atoms with van der Waals surface area (Å²) in [6, 6.07) is 15.2. The zero-order valence-corrected chi connectivity index (χ0v) is 14.5. The molecule has 0 bridgehead atoms. The number of rotatable bonds is 4. The van der Waals surface area contributed by atoms with Crippen LogP contribution in [-0.2, 0) is 10.0 Å². The van der Waals surface area contributed by atoms with Crippen molar-refractivity contribution in [3.05, 3.63) is 77.6 Å². The van der Waals surface area contributed by atoms with E-state index in [1.807, 2.05) is 25.1 Å². The fourth-order valence-electron chi connectivity index (χ4n) is 2.31. The van der Waals surface area contributed by atoms with Crippen LogP contribution in [-0.4, -0.2) is 13.4 Å². The average Bonchev–Trinajstić information content (AvgIpc) is 2.56. The Morgan fingerprint density at radius 2 is 1.62 bits per heavy atom. The highest BCUT2D eigenvalue weighted by molar-refractivity contribution is 7.92. The molecule has 1 aromatic heterocycles. The highest BCUT2D eigenvalue weighted by atomic mass is 35.5. The second-order valence-corrected chi connectivity index (χ2v) is 7.45. The zero-order valence-electron chi connectivity index (χ0n) is 12.9. The third-order valence-electron chi connectivity index (χ3n) is 3.61. The van der Waals surface area contributed by atoms with Crippen LogP contribution in [0.4, 0.5) is 5.69 Å². The van der Waals surface area contributed by atoms with E-state index in [4.69, 9.17) is 11.6 Å². The summed E-state index contributed by atoms with van der Waals surface area (Å²) >= 11 is 5.79.